The van der Waals surface area contributed by atoms with E-state index in [0.29, 0.717) is 18.8 Å². The lowest BCUT2D eigenvalue weighted by Gasteiger charge is -2.16. The van der Waals surface area contributed by atoms with Crippen LogP contribution >= 0.6 is 0 Å². The number of likely N-dealkylation sites (tertiary alicyclic amines) is 1. The van der Waals surface area contributed by atoms with Gasteiger partial charge >= 0.3 is 5.97 Å². The van der Waals surface area contributed by atoms with E-state index in [4.69, 9.17) is 9.47 Å². The predicted octanol–water partition coefficient (Wildman–Crippen LogP) is 4.57. The van der Waals surface area contributed by atoms with Gasteiger partial charge in [0.2, 0.25) is 5.91 Å². The van der Waals surface area contributed by atoms with Crippen LogP contribution in [0.25, 0.3) is 0 Å². The lowest BCUT2D eigenvalue weighted by atomic mass is 10.1. The zero-order valence-electron chi connectivity index (χ0n) is 16.6. The van der Waals surface area contributed by atoms with Crippen LogP contribution in [0.4, 0.5) is 0 Å². The van der Waals surface area contributed by atoms with Crippen molar-refractivity contribution in [2.75, 3.05) is 6.54 Å². The van der Waals surface area contributed by atoms with E-state index in [2.05, 4.69) is 0 Å². The maximum absolute atomic E-state index is 12.5. The minimum absolute atomic E-state index is 0.0148. The molecular weight excluding hydrogens is 378 g/mol. The minimum atomic E-state index is -0.426. The van der Waals surface area contributed by atoms with Gasteiger partial charge < -0.3 is 14.4 Å². The molecule has 30 heavy (non-hydrogen) atoms. The van der Waals surface area contributed by atoms with Crippen molar-refractivity contribution in [2.45, 2.75) is 19.6 Å². The molecule has 1 heterocycles. The third-order valence-electron chi connectivity index (χ3n) is 5.02. The van der Waals surface area contributed by atoms with Crippen LogP contribution < -0.4 is 4.74 Å². The molecule has 0 aliphatic carbocycles. The molecule has 3 aromatic carbocycles. The maximum Gasteiger partial charge on any atom is 0.311 e. The van der Waals surface area contributed by atoms with Crippen molar-refractivity contribution in [2.24, 2.45) is 5.92 Å². The molecule has 1 atom stereocenters. The molecule has 0 spiro atoms. The summed E-state index contributed by atoms with van der Waals surface area (Å²) in [6, 6.07) is 26.7. The highest BCUT2D eigenvalue weighted by Crippen LogP contribution is 2.24. The summed E-state index contributed by atoms with van der Waals surface area (Å²) in [4.78, 5) is 26.5. The second-order valence-corrected chi connectivity index (χ2v) is 7.33. The van der Waals surface area contributed by atoms with E-state index in [1.54, 1.807) is 4.90 Å². The molecule has 0 radical (unpaired) electrons. The number of ether oxygens (including phenoxy) is 2. The summed E-state index contributed by atoms with van der Waals surface area (Å²) >= 11 is 0. The normalized spacial score (nSPS) is 15.8. The largest absolute Gasteiger partial charge is 0.461 e. The first-order valence-electron chi connectivity index (χ1n) is 9.97. The Morgan fingerprint density at radius 3 is 2.30 bits per heavy atom. The van der Waals surface area contributed by atoms with Crippen LogP contribution in [0.1, 0.15) is 17.5 Å². The van der Waals surface area contributed by atoms with Gasteiger partial charge in [0.15, 0.2) is 0 Å². The molecule has 152 valence electrons. The Balaban J connectivity index is 1.30. The average molecular weight is 401 g/mol. The van der Waals surface area contributed by atoms with Crippen molar-refractivity contribution in [1.82, 2.24) is 4.90 Å². The topological polar surface area (TPSA) is 55.8 Å². The first-order chi connectivity index (χ1) is 14.7. The van der Waals surface area contributed by atoms with Crippen LogP contribution in [0.3, 0.4) is 0 Å². The number of rotatable bonds is 7. The van der Waals surface area contributed by atoms with E-state index in [0.717, 1.165) is 16.9 Å². The fraction of sp³-hybridized carbons (Fsp3) is 0.200. The fourth-order valence-electron chi connectivity index (χ4n) is 3.48. The summed E-state index contributed by atoms with van der Waals surface area (Å²) in [6.07, 6.45) is 0.197. The van der Waals surface area contributed by atoms with Gasteiger partial charge in [0.25, 0.3) is 0 Å². The highest BCUT2D eigenvalue weighted by atomic mass is 16.5. The Bertz CT molecular complexity index is 1000. The number of nitrogens with zero attached hydrogens (tertiary/aromatic N) is 1. The maximum atomic E-state index is 12.5. The molecule has 1 amide bonds. The van der Waals surface area contributed by atoms with Crippen molar-refractivity contribution >= 4 is 11.9 Å². The molecule has 5 nitrogen and oxygen atoms in total. The van der Waals surface area contributed by atoms with Crippen molar-refractivity contribution in [3.8, 4) is 11.5 Å². The smallest absolute Gasteiger partial charge is 0.311 e. The van der Waals surface area contributed by atoms with Crippen LogP contribution in [0, 0.1) is 5.92 Å². The van der Waals surface area contributed by atoms with Crippen LogP contribution in [-0.2, 0) is 27.5 Å². The fourth-order valence-corrected chi connectivity index (χ4v) is 3.48. The van der Waals surface area contributed by atoms with Crippen molar-refractivity contribution in [3.63, 3.8) is 0 Å². The third-order valence-corrected chi connectivity index (χ3v) is 5.02. The van der Waals surface area contributed by atoms with Gasteiger partial charge in [0, 0.05) is 19.5 Å². The zero-order chi connectivity index (χ0) is 20.8. The van der Waals surface area contributed by atoms with Gasteiger partial charge in [-0.2, -0.15) is 0 Å². The Morgan fingerprint density at radius 2 is 1.53 bits per heavy atom. The average Bonchev–Trinajstić information content (AvgIpc) is 3.14. The lowest BCUT2D eigenvalue weighted by molar-refractivity contribution is -0.149. The summed E-state index contributed by atoms with van der Waals surface area (Å²) in [5, 5.41) is 0. The molecule has 0 aromatic heterocycles. The standard InChI is InChI=1S/C25H23NO4/c27-24-15-21(17-26(24)16-19-8-3-1-4-9-19)25(28)29-18-20-10-7-13-23(14-20)30-22-11-5-2-6-12-22/h1-14,21H,15-18H2/t21-/m0/s1. The van der Waals surface area contributed by atoms with Crippen LogP contribution in [0.5, 0.6) is 11.5 Å². The van der Waals surface area contributed by atoms with Crippen LogP contribution in [0.2, 0.25) is 0 Å². The van der Waals surface area contributed by atoms with Crippen LogP contribution in [0.15, 0.2) is 84.9 Å². The Hall–Kier alpha value is -3.60. The number of benzene rings is 3. The number of hydrogen-bond donors (Lipinski definition) is 0. The number of hydrogen-bond acceptors (Lipinski definition) is 4. The second-order valence-electron chi connectivity index (χ2n) is 7.33. The third kappa shape index (κ3) is 5.06. The Morgan fingerprint density at radius 1 is 0.867 bits per heavy atom. The zero-order valence-corrected chi connectivity index (χ0v) is 16.6. The van der Waals surface area contributed by atoms with E-state index in [-0.39, 0.29) is 24.9 Å². The van der Waals surface area contributed by atoms with E-state index in [1.165, 1.54) is 0 Å². The summed E-state index contributed by atoms with van der Waals surface area (Å²) < 4.78 is 11.3. The molecular formula is C25H23NO4. The van der Waals surface area contributed by atoms with Crippen molar-refractivity contribution in [1.29, 1.82) is 0 Å². The van der Waals surface area contributed by atoms with E-state index < -0.39 is 5.92 Å². The molecule has 0 unspecified atom stereocenters. The molecule has 1 saturated heterocycles. The van der Waals surface area contributed by atoms with Crippen molar-refractivity contribution < 1.29 is 19.1 Å². The van der Waals surface area contributed by atoms with Gasteiger partial charge in [-0.3, -0.25) is 9.59 Å². The molecule has 0 N–H and O–H groups in total. The molecule has 4 rings (SSSR count). The van der Waals surface area contributed by atoms with E-state index >= 15 is 0 Å². The summed E-state index contributed by atoms with van der Waals surface area (Å²) in [6.45, 7) is 1.06. The summed E-state index contributed by atoms with van der Waals surface area (Å²) in [5.41, 5.74) is 1.89. The van der Waals surface area contributed by atoms with Gasteiger partial charge in [-0.05, 0) is 35.4 Å². The molecule has 3 aromatic rings. The number of carbonyl (C=O) groups excluding carboxylic acids is 2. The molecule has 1 aliphatic rings. The number of carbonyl (C=O) groups is 2. The quantitative estimate of drug-likeness (QED) is 0.544. The Labute approximate surface area is 175 Å². The molecule has 1 aliphatic heterocycles. The SMILES string of the molecule is O=C(OCc1cccc(Oc2ccccc2)c1)[C@H]1CC(=O)N(Cc2ccccc2)C1. The number of para-hydroxylation sites is 1. The van der Waals surface area contributed by atoms with Gasteiger partial charge in [-0.15, -0.1) is 0 Å². The highest BCUT2D eigenvalue weighted by Gasteiger charge is 2.35. The van der Waals surface area contributed by atoms with Gasteiger partial charge in [0.05, 0.1) is 5.92 Å². The van der Waals surface area contributed by atoms with E-state index in [9.17, 15) is 9.59 Å². The van der Waals surface area contributed by atoms with Crippen LogP contribution in [-0.4, -0.2) is 23.3 Å². The summed E-state index contributed by atoms with van der Waals surface area (Å²) in [5.74, 6) is 0.645. The van der Waals surface area contributed by atoms with Gasteiger partial charge in [-0.1, -0.05) is 60.7 Å². The lowest BCUT2D eigenvalue weighted by Crippen LogP contribution is -2.26. The first kappa shape index (κ1) is 19.7. The van der Waals surface area contributed by atoms with Gasteiger partial charge in [-0.25, -0.2) is 0 Å². The predicted molar refractivity (Wildman–Crippen MR) is 113 cm³/mol. The molecule has 5 heteroatoms. The second kappa shape index (κ2) is 9.27. The molecule has 0 saturated carbocycles. The monoisotopic (exact) mass is 401 g/mol. The summed E-state index contributed by atoms with van der Waals surface area (Å²) in [7, 11) is 0. The highest BCUT2D eigenvalue weighted by molar-refractivity contribution is 5.86. The van der Waals surface area contributed by atoms with E-state index in [1.807, 2.05) is 84.9 Å². The van der Waals surface area contributed by atoms with Gasteiger partial charge in [0.1, 0.15) is 18.1 Å². The molecule has 1 fully saturated rings. The molecule has 0 bridgehead atoms. The number of esters is 1. The number of amides is 1. The first-order valence-corrected chi connectivity index (χ1v) is 9.97. The minimum Gasteiger partial charge on any atom is -0.461 e. The van der Waals surface area contributed by atoms with Crippen molar-refractivity contribution in [3.05, 3.63) is 96.1 Å². The Kier molecular flexibility index (Phi) is 6.09.